The molecule has 0 radical (unpaired) electrons. The molecule has 26 heavy (non-hydrogen) atoms. The quantitative estimate of drug-likeness (QED) is 0.393. The van der Waals surface area contributed by atoms with Crippen LogP contribution < -0.4 is 10.1 Å². The third kappa shape index (κ3) is 5.82. The highest BCUT2D eigenvalue weighted by molar-refractivity contribution is 5.53. The van der Waals surface area contributed by atoms with Gasteiger partial charge in [-0.3, -0.25) is 15.0 Å². The number of morpholine rings is 1. The number of benzene rings is 1. The standard InChI is InChI=1S/C18H29N3O5/c1-13-11-20(12-14(2)26-13)7-5-4-6-19-10-15-8-18(25-3)17(22)9-16(15)21(23)24/h8-9,13-14,19,22H,4-7,10-12H2,1-3H3. The summed E-state index contributed by atoms with van der Waals surface area (Å²) >= 11 is 0. The number of nitrogens with zero attached hydrogens (tertiary/aromatic N) is 2. The first-order valence-electron chi connectivity index (χ1n) is 9.03. The van der Waals surface area contributed by atoms with Crippen molar-refractivity contribution in [3.8, 4) is 11.5 Å². The second kappa shape index (κ2) is 9.70. The van der Waals surface area contributed by atoms with Crippen LogP contribution in [0.4, 0.5) is 5.69 Å². The van der Waals surface area contributed by atoms with E-state index in [1.165, 1.54) is 13.2 Å². The van der Waals surface area contributed by atoms with Crippen molar-refractivity contribution in [2.45, 2.75) is 45.4 Å². The van der Waals surface area contributed by atoms with Gasteiger partial charge in [-0.05, 0) is 45.8 Å². The van der Waals surface area contributed by atoms with Crippen molar-refractivity contribution in [3.63, 3.8) is 0 Å². The molecule has 2 N–H and O–H groups in total. The van der Waals surface area contributed by atoms with E-state index in [2.05, 4.69) is 24.1 Å². The number of rotatable bonds is 9. The fourth-order valence-corrected chi connectivity index (χ4v) is 3.35. The lowest BCUT2D eigenvalue weighted by atomic mass is 10.1. The summed E-state index contributed by atoms with van der Waals surface area (Å²) in [7, 11) is 1.42. The monoisotopic (exact) mass is 367 g/mol. The van der Waals surface area contributed by atoms with Crippen LogP contribution >= 0.6 is 0 Å². The van der Waals surface area contributed by atoms with Crippen LogP contribution in [-0.4, -0.2) is 60.4 Å². The molecule has 1 aliphatic heterocycles. The van der Waals surface area contributed by atoms with Gasteiger partial charge in [0.1, 0.15) is 0 Å². The summed E-state index contributed by atoms with van der Waals surface area (Å²) in [5.41, 5.74) is 0.396. The molecule has 1 fully saturated rings. The SMILES string of the molecule is COc1cc(CNCCCCN2CC(C)OC(C)C2)c([N+](=O)[O-])cc1O. The molecule has 1 saturated heterocycles. The Labute approximate surface area is 154 Å². The number of hydrogen-bond acceptors (Lipinski definition) is 7. The lowest BCUT2D eigenvalue weighted by Gasteiger charge is -2.35. The largest absolute Gasteiger partial charge is 0.504 e. The van der Waals surface area contributed by atoms with E-state index in [-0.39, 0.29) is 29.4 Å². The molecule has 0 amide bonds. The van der Waals surface area contributed by atoms with E-state index in [0.29, 0.717) is 12.1 Å². The highest BCUT2D eigenvalue weighted by Crippen LogP contribution is 2.33. The van der Waals surface area contributed by atoms with Gasteiger partial charge < -0.3 is 19.9 Å². The van der Waals surface area contributed by atoms with Gasteiger partial charge in [0.2, 0.25) is 0 Å². The lowest BCUT2D eigenvalue weighted by molar-refractivity contribution is -0.385. The number of hydrogen-bond donors (Lipinski definition) is 2. The van der Waals surface area contributed by atoms with Gasteiger partial charge in [0.05, 0.1) is 30.3 Å². The van der Waals surface area contributed by atoms with Gasteiger partial charge in [0.15, 0.2) is 11.5 Å². The molecule has 2 atom stereocenters. The minimum absolute atomic E-state index is 0.105. The number of aromatic hydroxyl groups is 1. The van der Waals surface area contributed by atoms with E-state index in [0.717, 1.165) is 45.1 Å². The summed E-state index contributed by atoms with van der Waals surface area (Å²) in [6.07, 6.45) is 2.61. The second-order valence-corrected chi connectivity index (χ2v) is 6.81. The van der Waals surface area contributed by atoms with Gasteiger partial charge >= 0.3 is 0 Å². The Bertz CT molecular complexity index is 601. The van der Waals surface area contributed by atoms with Gasteiger partial charge in [-0.25, -0.2) is 0 Å². The molecule has 0 aliphatic carbocycles. The molecule has 0 bridgehead atoms. The van der Waals surface area contributed by atoms with Crippen molar-refractivity contribution in [2.24, 2.45) is 0 Å². The highest BCUT2D eigenvalue weighted by atomic mass is 16.6. The molecule has 2 rings (SSSR count). The van der Waals surface area contributed by atoms with E-state index in [1.807, 2.05) is 0 Å². The summed E-state index contributed by atoms with van der Waals surface area (Å²) in [6.45, 7) is 8.31. The van der Waals surface area contributed by atoms with Crippen molar-refractivity contribution < 1.29 is 19.5 Å². The van der Waals surface area contributed by atoms with Crippen LogP contribution in [0, 0.1) is 10.1 Å². The number of nitro benzene ring substituents is 1. The number of unbranched alkanes of at least 4 members (excludes halogenated alkanes) is 1. The molecule has 0 saturated carbocycles. The van der Waals surface area contributed by atoms with Crippen LogP contribution in [0.5, 0.6) is 11.5 Å². The first-order valence-corrected chi connectivity index (χ1v) is 9.03. The molecule has 1 aromatic rings. The molecule has 1 aromatic carbocycles. The molecule has 8 nitrogen and oxygen atoms in total. The Kier molecular flexibility index (Phi) is 7.62. The van der Waals surface area contributed by atoms with Gasteiger partial charge in [-0.15, -0.1) is 0 Å². The number of nitrogens with one attached hydrogen (secondary N) is 1. The molecule has 1 aliphatic rings. The lowest BCUT2D eigenvalue weighted by Crippen LogP contribution is -2.45. The smallest absolute Gasteiger partial charge is 0.277 e. The summed E-state index contributed by atoms with van der Waals surface area (Å²) in [6, 6.07) is 2.65. The van der Waals surface area contributed by atoms with E-state index in [4.69, 9.17) is 9.47 Å². The number of methoxy groups -OCH3 is 1. The molecule has 146 valence electrons. The minimum atomic E-state index is -0.489. The molecule has 0 spiro atoms. The topological polar surface area (TPSA) is 97.1 Å². The van der Waals surface area contributed by atoms with Gasteiger partial charge in [-0.1, -0.05) is 0 Å². The molecule has 0 aromatic heterocycles. The summed E-state index contributed by atoms with van der Waals surface area (Å²) in [5, 5.41) is 24.1. The maximum atomic E-state index is 11.1. The average molecular weight is 367 g/mol. The number of phenolic OH excluding ortho intramolecular Hbond substituents is 1. The zero-order valence-electron chi connectivity index (χ0n) is 15.7. The van der Waals surface area contributed by atoms with Crippen LogP contribution in [-0.2, 0) is 11.3 Å². The first kappa shape index (κ1) is 20.4. The summed E-state index contributed by atoms with van der Waals surface area (Å²) in [4.78, 5) is 13.1. The first-order chi connectivity index (χ1) is 12.4. The Morgan fingerprint density at radius 1 is 1.35 bits per heavy atom. The number of ether oxygens (including phenoxy) is 2. The van der Waals surface area contributed by atoms with Crippen LogP contribution in [0.15, 0.2) is 12.1 Å². The van der Waals surface area contributed by atoms with Gasteiger partial charge in [-0.2, -0.15) is 0 Å². The molecule has 8 heteroatoms. The van der Waals surface area contributed by atoms with Crippen LogP contribution in [0.1, 0.15) is 32.3 Å². The highest BCUT2D eigenvalue weighted by Gasteiger charge is 2.21. The fourth-order valence-electron chi connectivity index (χ4n) is 3.35. The molecule has 1 heterocycles. The molecular weight excluding hydrogens is 338 g/mol. The summed E-state index contributed by atoms with van der Waals surface area (Å²) in [5.74, 6) is 0.0138. The molecular formula is C18H29N3O5. The van der Waals surface area contributed by atoms with Crippen molar-refractivity contribution in [1.29, 1.82) is 0 Å². The van der Waals surface area contributed by atoms with E-state index < -0.39 is 4.92 Å². The fraction of sp³-hybridized carbons (Fsp3) is 0.667. The normalized spacial score (nSPS) is 20.9. The number of nitro groups is 1. The Balaban J connectivity index is 1.75. The van der Waals surface area contributed by atoms with Gasteiger partial charge in [0.25, 0.3) is 5.69 Å². The van der Waals surface area contributed by atoms with Gasteiger partial charge in [0, 0.05) is 25.2 Å². The van der Waals surface area contributed by atoms with Crippen LogP contribution in [0.25, 0.3) is 0 Å². The minimum Gasteiger partial charge on any atom is -0.504 e. The Hall–Kier alpha value is -1.90. The maximum Gasteiger partial charge on any atom is 0.277 e. The third-order valence-electron chi connectivity index (χ3n) is 4.47. The van der Waals surface area contributed by atoms with Crippen molar-refractivity contribution in [3.05, 3.63) is 27.8 Å². The third-order valence-corrected chi connectivity index (χ3v) is 4.47. The van der Waals surface area contributed by atoms with Crippen molar-refractivity contribution >= 4 is 5.69 Å². The average Bonchev–Trinajstić information content (AvgIpc) is 2.57. The van der Waals surface area contributed by atoms with Crippen LogP contribution in [0.3, 0.4) is 0 Å². The Morgan fingerprint density at radius 3 is 2.65 bits per heavy atom. The summed E-state index contributed by atoms with van der Waals surface area (Å²) < 4.78 is 10.8. The second-order valence-electron chi connectivity index (χ2n) is 6.81. The maximum absolute atomic E-state index is 11.1. The predicted molar refractivity (Wildman–Crippen MR) is 98.7 cm³/mol. The van der Waals surface area contributed by atoms with E-state index in [1.54, 1.807) is 0 Å². The van der Waals surface area contributed by atoms with Crippen molar-refractivity contribution in [2.75, 3.05) is 33.3 Å². The zero-order valence-corrected chi connectivity index (χ0v) is 15.7. The van der Waals surface area contributed by atoms with Crippen molar-refractivity contribution in [1.82, 2.24) is 10.2 Å². The number of phenols is 1. The Morgan fingerprint density at radius 2 is 2.04 bits per heavy atom. The molecule has 2 unspecified atom stereocenters. The zero-order chi connectivity index (χ0) is 19.1. The van der Waals surface area contributed by atoms with E-state index >= 15 is 0 Å². The predicted octanol–water partition coefficient (Wildman–Crippen LogP) is 2.29. The van der Waals surface area contributed by atoms with Crippen LogP contribution in [0.2, 0.25) is 0 Å². The van der Waals surface area contributed by atoms with E-state index in [9.17, 15) is 15.2 Å².